The number of rotatable bonds is 11. The Bertz CT molecular complexity index is 1300. The Morgan fingerprint density at radius 2 is 2.13 bits per heavy atom. The summed E-state index contributed by atoms with van der Waals surface area (Å²) < 4.78 is 22.5. The molecule has 2 aliphatic rings. The summed E-state index contributed by atoms with van der Waals surface area (Å²) in [5, 5.41) is 18.5. The van der Waals surface area contributed by atoms with Crippen molar-refractivity contribution >= 4 is 23.2 Å². The summed E-state index contributed by atoms with van der Waals surface area (Å²) in [4.78, 5) is 19.0. The number of benzene rings is 1. The number of nitrogens with one attached hydrogen (secondary N) is 1. The number of anilines is 1. The van der Waals surface area contributed by atoms with E-state index in [2.05, 4.69) is 15.4 Å². The van der Waals surface area contributed by atoms with E-state index in [0.29, 0.717) is 60.4 Å². The van der Waals surface area contributed by atoms with Crippen LogP contribution in [0.1, 0.15) is 59.3 Å². The van der Waals surface area contributed by atoms with Crippen molar-refractivity contribution in [1.29, 1.82) is 0 Å². The third-order valence-electron chi connectivity index (χ3n) is 7.46. The predicted molar refractivity (Wildman–Crippen MR) is 143 cm³/mol. The maximum Gasteiger partial charge on any atom is 0.163 e. The smallest absolute Gasteiger partial charge is 0.163 e. The Morgan fingerprint density at radius 3 is 2.87 bits per heavy atom. The fourth-order valence-electron chi connectivity index (χ4n) is 4.93. The van der Waals surface area contributed by atoms with E-state index in [0.717, 1.165) is 29.9 Å². The number of halogens is 2. The Morgan fingerprint density at radius 1 is 1.29 bits per heavy atom. The van der Waals surface area contributed by atoms with Crippen LogP contribution in [-0.2, 0) is 26.6 Å². The Balaban J connectivity index is 1.13. The van der Waals surface area contributed by atoms with Gasteiger partial charge in [-0.05, 0) is 55.9 Å². The minimum absolute atomic E-state index is 0.0245. The first-order chi connectivity index (χ1) is 18.4. The van der Waals surface area contributed by atoms with Gasteiger partial charge in [0.2, 0.25) is 0 Å². The Labute approximate surface area is 226 Å². The van der Waals surface area contributed by atoms with Crippen LogP contribution in [0, 0.1) is 5.82 Å². The van der Waals surface area contributed by atoms with E-state index >= 15 is 4.39 Å². The van der Waals surface area contributed by atoms with Crippen LogP contribution in [-0.4, -0.2) is 55.8 Å². The zero-order valence-electron chi connectivity index (χ0n) is 21.5. The molecule has 3 aromatic rings. The van der Waals surface area contributed by atoms with Crippen LogP contribution < -0.4 is 10.1 Å². The highest BCUT2D eigenvalue weighted by atomic mass is 35.5. The van der Waals surface area contributed by atoms with Gasteiger partial charge in [-0.25, -0.2) is 9.37 Å². The lowest BCUT2D eigenvalue weighted by atomic mass is 9.93. The molecule has 202 valence electrons. The number of Topliss-reactive ketones (excluding diaryl/α,β-unsaturated/α-hetero) is 1. The van der Waals surface area contributed by atoms with Gasteiger partial charge in [0.1, 0.15) is 24.0 Å². The zero-order chi connectivity index (χ0) is 26.6. The summed E-state index contributed by atoms with van der Waals surface area (Å²) in [6.07, 6.45) is 7.21. The van der Waals surface area contributed by atoms with E-state index < -0.39 is 6.10 Å². The topological polar surface area (TPSA) is 92.5 Å². The number of hydrogen-bond donors (Lipinski definition) is 2. The first-order valence-electron chi connectivity index (χ1n) is 13.1. The summed E-state index contributed by atoms with van der Waals surface area (Å²) in [7, 11) is 1.82. The van der Waals surface area contributed by atoms with Gasteiger partial charge in [0, 0.05) is 68.7 Å². The van der Waals surface area contributed by atoms with Gasteiger partial charge in [0.25, 0.3) is 0 Å². The Hall–Kier alpha value is -3.01. The molecule has 5 rings (SSSR count). The number of carbonyl (C=O) groups is 1. The van der Waals surface area contributed by atoms with E-state index in [4.69, 9.17) is 16.3 Å². The van der Waals surface area contributed by atoms with Crippen LogP contribution in [0.25, 0.3) is 0 Å². The first kappa shape index (κ1) is 26.6. The van der Waals surface area contributed by atoms with E-state index in [1.807, 2.05) is 18.0 Å². The molecule has 1 saturated carbocycles. The molecular weight excluding hydrogens is 509 g/mol. The molecule has 2 N–H and O–H groups in total. The highest BCUT2D eigenvalue weighted by Gasteiger charge is 2.26. The average molecular weight is 542 g/mol. The molecule has 0 unspecified atom stereocenters. The molecule has 0 saturated heterocycles. The predicted octanol–water partition coefficient (Wildman–Crippen LogP) is 4.53. The largest absolute Gasteiger partial charge is 0.486 e. The molecule has 1 aliphatic carbocycles. The number of aliphatic hydroxyl groups excluding tert-OH is 1. The van der Waals surface area contributed by atoms with Gasteiger partial charge in [-0.1, -0.05) is 11.6 Å². The minimum atomic E-state index is -0.699. The van der Waals surface area contributed by atoms with Crippen molar-refractivity contribution in [3.8, 4) is 5.75 Å². The van der Waals surface area contributed by atoms with Gasteiger partial charge in [-0.3, -0.25) is 14.4 Å². The maximum absolute atomic E-state index is 15.0. The molecule has 10 heteroatoms. The second-order valence-corrected chi connectivity index (χ2v) is 10.5. The summed E-state index contributed by atoms with van der Waals surface area (Å²) >= 11 is 6.60. The van der Waals surface area contributed by atoms with Gasteiger partial charge in [-0.15, -0.1) is 0 Å². The van der Waals surface area contributed by atoms with Crippen molar-refractivity contribution in [2.24, 2.45) is 7.05 Å². The van der Waals surface area contributed by atoms with Crippen molar-refractivity contribution in [1.82, 2.24) is 19.7 Å². The van der Waals surface area contributed by atoms with Crippen molar-refractivity contribution < 1.29 is 19.0 Å². The number of aryl methyl sites for hydroxylation is 1. The highest BCUT2D eigenvalue weighted by molar-refractivity contribution is 6.33. The van der Waals surface area contributed by atoms with Crippen LogP contribution in [0.2, 0.25) is 5.02 Å². The molecule has 1 aliphatic heterocycles. The molecular formula is C28H33ClFN5O3. The lowest BCUT2D eigenvalue weighted by molar-refractivity contribution is 0.0833. The average Bonchev–Trinajstić information content (AvgIpc) is 3.30. The monoisotopic (exact) mass is 541 g/mol. The molecule has 0 bridgehead atoms. The van der Waals surface area contributed by atoms with E-state index in [-0.39, 0.29) is 24.6 Å². The van der Waals surface area contributed by atoms with Crippen LogP contribution in [0.15, 0.2) is 36.7 Å². The first-order valence-corrected chi connectivity index (χ1v) is 13.5. The lowest BCUT2D eigenvalue weighted by Gasteiger charge is -2.31. The van der Waals surface area contributed by atoms with E-state index in [1.54, 1.807) is 29.2 Å². The fourth-order valence-corrected chi connectivity index (χ4v) is 5.24. The molecule has 3 heterocycles. The number of aliphatic hydroxyl groups is 1. The van der Waals surface area contributed by atoms with Crippen molar-refractivity contribution in [2.75, 3.05) is 18.4 Å². The summed E-state index contributed by atoms with van der Waals surface area (Å²) in [5.74, 6) is 0.643. The number of β-amino-alcohol motifs (C(OH)–C–C–N with tert-alkyl or cyclic N) is 1. The van der Waals surface area contributed by atoms with Crippen LogP contribution in [0.4, 0.5) is 10.2 Å². The molecule has 1 aromatic carbocycles. The number of aromatic nitrogens is 3. The summed E-state index contributed by atoms with van der Waals surface area (Å²) in [5.41, 5.74) is 2.73. The number of hydrogen-bond acceptors (Lipinski definition) is 7. The Kier molecular flexibility index (Phi) is 8.26. The number of ketones is 1. The minimum Gasteiger partial charge on any atom is -0.486 e. The molecule has 8 nitrogen and oxygen atoms in total. The second kappa shape index (κ2) is 11.8. The standard InChI is InChI=1S/C28H33ClFN5O3/c1-34-20(8-11-32-34)17-38-26-14-24(30)23-16-35(12-9-22(23)28(26)29)15-21(36)5-6-25(37)18-7-10-31-27(13-18)33-19-3-2-4-19/h7-8,10-11,13-14,19,21,36H,2-6,9,12,15-17H2,1H3,(H,31,33)/t21-/m0/s1. The molecule has 2 aromatic heterocycles. The fraction of sp³-hybridized carbons (Fsp3) is 0.464. The SMILES string of the molecule is Cn1nccc1COc1cc(F)c2c(c1Cl)CCN(C[C@@H](O)CCC(=O)c1ccnc(NC3CCC3)c1)C2. The number of nitrogens with zero attached hydrogens (tertiary/aromatic N) is 4. The second-order valence-electron chi connectivity index (χ2n) is 10.2. The third kappa shape index (κ3) is 6.17. The van der Waals surface area contributed by atoms with Crippen molar-refractivity contribution in [2.45, 2.75) is 63.8 Å². The highest BCUT2D eigenvalue weighted by Crippen LogP contribution is 2.36. The quantitative estimate of drug-likeness (QED) is 0.344. The molecule has 0 radical (unpaired) electrons. The van der Waals surface area contributed by atoms with Crippen LogP contribution in [0.5, 0.6) is 5.75 Å². The lowest BCUT2D eigenvalue weighted by Crippen LogP contribution is -2.37. The molecule has 0 spiro atoms. The third-order valence-corrected chi connectivity index (χ3v) is 7.88. The normalized spacial score (nSPS) is 16.5. The van der Waals surface area contributed by atoms with Gasteiger partial charge >= 0.3 is 0 Å². The molecule has 0 amide bonds. The number of pyridine rings is 1. The van der Waals surface area contributed by atoms with Crippen LogP contribution in [0.3, 0.4) is 0 Å². The van der Waals surface area contributed by atoms with E-state index in [1.165, 1.54) is 12.5 Å². The molecule has 1 atom stereocenters. The van der Waals surface area contributed by atoms with Gasteiger partial charge in [0.15, 0.2) is 5.78 Å². The zero-order valence-corrected chi connectivity index (χ0v) is 22.3. The maximum atomic E-state index is 15.0. The van der Waals surface area contributed by atoms with Gasteiger partial charge < -0.3 is 15.2 Å². The summed E-state index contributed by atoms with van der Waals surface area (Å²) in [6.45, 7) is 1.56. The van der Waals surface area contributed by atoms with Crippen LogP contribution >= 0.6 is 11.6 Å². The van der Waals surface area contributed by atoms with Gasteiger partial charge in [0.05, 0.1) is 16.8 Å². The summed E-state index contributed by atoms with van der Waals surface area (Å²) in [6, 6.07) is 7.11. The van der Waals surface area contributed by atoms with E-state index in [9.17, 15) is 9.90 Å². The van der Waals surface area contributed by atoms with Crippen molar-refractivity contribution in [3.63, 3.8) is 0 Å². The van der Waals surface area contributed by atoms with Crippen molar-refractivity contribution in [3.05, 3.63) is 69.9 Å². The number of carbonyl (C=O) groups excluding carboxylic acids is 1. The number of ether oxygens (including phenoxy) is 1. The molecule has 1 fully saturated rings. The molecule has 38 heavy (non-hydrogen) atoms. The number of fused-ring (bicyclic) bond motifs is 1. The van der Waals surface area contributed by atoms with Gasteiger partial charge in [-0.2, -0.15) is 5.10 Å².